The van der Waals surface area contributed by atoms with Crippen molar-refractivity contribution in [3.63, 3.8) is 0 Å². The van der Waals surface area contributed by atoms with Gasteiger partial charge in [0.15, 0.2) is 0 Å². The molecule has 1 heterocycles. The molecule has 0 fully saturated rings. The van der Waals surface area contributed by atoms with Gasteiger partial charge in [-0.2, -0.15) is 0 Å². The van der Waals surface area contributed by atoms with E-state index in [-0.39, 0.29) is 17.3 Å². The molecule has 2 N–H and O–H groups in total. The van der Waals surface area contributed by atoms with Crippen LogP contribution < -0.4 is 15.4 Å². The lowest BCUT2D eigenvalue weighted by Crippen LogP contribution is -2.15. The Labute approximate surface area is 158 Å². The van der Waals surface area contributed by atoms with Gasteiger partial charge in [0.05, 0.1) is 17.8 Å². The van der Waals surface area contributed by atoms with Crippen molar-refractivity contribution in [1.29, 1.82) is 0 Å². The molecule has 0 bridgehead atoms. The Morgan fingerprint density at radius 3 is 2.67 bits per heavy atom. The van der Waals surface area contributed by atoms with Gasteiger partial charge in [0.2, 0.25) is 5.95 Å². The van der Waals surface area contributed by atoms with Gasteiger partial charge in [-0.25, -0.2) is 18.7 Å². The molecular weight excluding hydrogens is 378 g/mol. The van der Waals surface area contributed by atoms with Crippen LogP contribution in [0.4, 0.5) is 26.1 Å². The maximum absolute atomic E-state index is 13.7. The number of carbonyl (C=O) groups excluding carboxylic acids is 1. The lowest BCUT2D eigenvalue weighted by Gasteiger charge is -2.09. The van der Waals surface area contributed by atoms with Crippen LogP contribution in [0, 0.1) is 11.6 Å². The largest absolute Gasteiger partial charge is 0.495 e. The second kappa shape index (κ2) is 7.96. The van der Waals surface area contributed by atoms with E-state index in [2.05, 4.69) is 20.6 Å². The van der Waals surface area contributed by atoms with E-state index in [1.807, 2.05) is 0 Å². The van der Waals surface area contributed by atoms with Gasteiger partial charge in [-0.05, 0) is 36.4 Å². The summed E-state index contributed by atoms with van der Waals surface area (Å²) < 4.78 is 31.7. The molecule has 0 aliphatic heterocycles. The molecule has 0 spiro atoms. The first-order valence-corrected chi connectivity index (χ1v) is 8.04. The monoisotopic (exact) mass is 390 g/mol. The van der Waals surface area contributed by atoms with Crippen molar-refractivity contribution < 1.29 is 18.3 Å². The topological polar surface area (TPSA) is 76.1 Å². The Balaban J connectivity index is 1.76. The van der Waals surface area contributed by atoms with Crippen LogP contribution in [0.1, 0.15) is 10.5 Å². The normalized spacial score (nSPS) is 10.4. The SMILES string of the molecule is COc1ccc(Nc2nccc(C(=O)Nc3ccc(F)cc3F)n2)cc1Cl. The number of nitrogens with zero attached hydrogens (tertiary/aromatic N) is 2. The number of carbonyl (C=O) groups is 1. The summed E-state index contributed by atoms with van der Waals surface area (Å²) in [4.78, 5) is 20.4. The number of hydrogen-bond acceptors (Lipinski definition) is 5. The van der Waals surface area contributed by atoms with E-state index in [0.717, 1.165) is 12.1 Å². The van der Waals surface area contributed by atoms with Crippen molar-refractivity contribution in [1.82, 2.24) is 9.97 Å². The summed E-state index contributed by atoms with van der Waals surface area (Å²) in [5, 5.41) is 5.63. The van der Waals surface area contributed by atoms with Crippen LogP contribution in [0.3, 0.4) is 0 Å². The number of halogens is 3. The molecule has 27 heavy (non-hydrogen) atoms. The third-order valence-corrected chi connectivity index (χ3v) is 3.77. The third kappa shape index (κ3) is 4.48. The Morgan fingerprint density at radius 1 is 1.15 bits per heavy atom. The van der Waals surface area contributed by atoms with Crippen LogP contribution in [-0.4, -0.2) is 23.0 Å². The number of benzene rings is 2. The summed E-state index contributed by atoms with van der Waals surface area (Å²) in [6.07, 6.45) is 1.37. The average molecular weight is 391 g/mol. The maximum atomic E-state index is 13.7. The van der Waals surface area contributed by atoms with Crippen LogP contribution in [0.15, 0.2) is 48.7 Å². The molecule has 0 atom stereocenters. The van der Waals surface area contributed by atoms with Gasteiger partial charge >= 0.3 is 0 Å². The number of anilines is 3. The minimum absolute atomic E-state index is 0.00386. The fraction of sp³-hybridized carbons (Fsp3) is 0.0556. The molecule has 0 radical (unpaired) electrons. The van der Waals surface area contributed by atoms with Crippen molar-refractivity contribution in [2.75, 3.05) is 17.7 Å². The molecule has 138 valence electrons. The number of nitrogens with one attached hydrogen (secondary N) is 2. The molecule has 1 aromatic heterocycles. The number of methoxy groups -OCH3 is 1. The van der Waals surface area contributed by atoms with Gasteiger partial charge in [0.25, 0.3) is 5.91 Å². The zero-order valence-corrected chi connectivity index (χ0v) is 14.7. The predicted molar refractivity (Wildman–Crippen MR) is 97.6 cm³/mol. The minimum atomic E-state index is -0.886. The highest BCUT2D eigenvalue weighted by molar-refractivity contribution is 6.32. The van der Waals surface area contributed by atoms with Crippen molar-refractivity contribution in [2.24, 2.45) is 0 Å². The third-order valence-electron chi connectivity index (χ3n) is 3.48. The van der Waals surface area contributed by atoms with Gasteiger partial charge in [0.1, 0.15) is 23.1 Å². The number of rotatable bonds is 5. The molecule has 9 heteroatoms. The molecule has 0 saturated heterocycles. The first-order valence-electron chi connectivity index (χ1n) is 7.66. The summed E-state index contributed by atoms with van der Waals surface area (Å²) >= 11 is 6.06. The van der Waals surface area contributed by atoms with Crippen LogP contribution in [0.2, 0.25) is 5.02 Å². The van der Waals surface area contributed by atoms with Gasteiger partial charge in [-0.1, -0.05) is 11.6 Å². The number of hydrogen-bond donors (Lipinski definition) is 2. The molecule has 6 nitrogen and oxygen atoms in total. The molecule has 0 aliphatic carbocycles. The Morgan fingerprint density at radius 2 is 1.96 bits per heavy atom. The number of aromatic nitrogens is 2. The van der Waals surface area contributed by atoms with Gasteiger partial charge in [-0.15, -0.1) is 0 Å². The smallest absolute Gasteiger partial charge is 0.274 e. The summed E-state index contributed by atoms with van der Waals surface area (Å²) in [6.45, 7) is 0. The van der Waals surface area contributed by atoms with E-state index in [9.17, 15) is 13.6 Å². The first kappa shape index (κ1) is 18.5. The van der Waals surface area contributed by atoms with E-state index in [4.69, 9.17) is 16.3 Å². The fourth-order valence-corrected chi connectivity index (χ4v) is 2.45. The highest BCUT2D eigenvalue weighted by Gasteiger charge is 2.13. The predicted octanol–water partition coefficient (Wildman–Crippen LogP) is 4.41. The summed E-state index contributed by atoms with van der Waals surface area (Å²) in [6, 6.07) is 9.19. The standard InChI is InChI=1S/C18H13ClF2N4O2/c1-27-16-5-3-11(9-12(16)19)23-18-22-7-6-15(25-18)17(26)24-14-4-2-10(20)8-13(14)21/h2-9H,1H3,(H,24,26)(H,22,23,25). The first-order chi connectivity index (χ1) is 13.0. The molecule has 0 aliphatic rings. The summed E-state index contributed by atoms with van der Waals surface area (Å²) in [5.41, 5.74) is 0.426. The second-order valence-electron chi connectivity index (χ2n) is 5.32. The van der Waals surface area contributed by atoms with E-state index in [1.165, 1.54) is 19.4 Å². The van der Waals surface area contributed by atoms with Gasteiger partial charge < -0.3 is 15.4 Å². The van der Waals surface area contributed by atoms with Crippen molar-refractivity contribution >= 4 is 34.8 Å². The highest BCUT2D eigenvalue weighted by Crippen LogP contribution is 2.28. The summed E-state index contributed by atoms with van der Waals surface area (Å²) in [7, 11) is 1.50. The molecule has 1 amide bonds. The second-order valence-corrected chi connectivity index (χ2v) is 5.73. The molecule has 0 unspecified atom stereocenters. The molecule has 3 aromatic rings. The van der Waals surface area contributed by atoms with Crippen molar-refractivity contribution in [2.45, 2.75) is 0 Å². The summed E-state index contributed by atoms with van der Waals surface area (Å²) in [5.74, 6) is -1.64. The van der Waals surface area contributed by atoms with Crippen LogP contribution in [0.5, 0.6) is 5.75 Å². The lowest BCUT2D eigenvalue weighted by molar-refractivity contribution is 0.102. The molecule has 3 rings (SSSR count). The van der Waals surface area contributed by atoms with E-state index in [1.54, 1.807) is 18.2 Å². The Kier molecular flexibility index (Phi) is 5.46. The van der Waals surface area contributed by atoms with Crippen LogP contribution in [-0.2, 0) is 0 Å². The zero-order valence-electron chi connectivity index (χ0n) is 14.0. The molecule has 2 aromatic carbocycles. The maximum Gasteiger partial charge on any atom is 0.274 e. The Hall–Kier alpha value is -3.26. The fourth-order valence-electron chi connectivity index (χ4n) is 2.20. The highest BCUT2D eigenvalue weighted by atomic mass is 35.5. The van der Waals surface area contributed by atoms with Gasteiger partial charge in [-0.3, -0.25) is 4.79 Å². The average Bonchev–Trinajstić information content (AvgIpc) is 2.64. The molecule has 0 saturated carbocycles. The quantitative estimate of drug-likeness (QED) is 0.674. The number of ether oxygens (including phenoxy) is 1. The Bertz CT molecular complexity index is 1000. The van der Waals surface area contributed by atoms with Crippen molar-refractivity contribution in [3.8, 4) is 5.75 Å². The lowest BCUT2D eigenvalue weighted by atomic mass is 10.2. The van der Waals surface area contributed by atoms with Gasteiger partial charge in [0, 0.05) is 18.0 Å². The van der Waals surface area contributed by atoms with E-state index < -0.39 is 17.5 Å². The minimum Gasteiger partial charge on any atom is -0.495 e. The number of amides is 1. The van der Waals surface area contributed by atoms with E-state index in [0.29, 0.717) is 22.5 Å². The van der Waals surface area contributed by atoms with Crippen LogP contribution in [0.25, 0.3) is 0 Å². The zero-order chi connectivity index (χ0) is 19.4. The van der Waals surface area contributed by atoms with Crippen LogP contribution >= 0.6 is 11.6 Å². The van der Waals surface area contributed by atoms with E-state index >= 15 is 0 Å². The van der Waals surface area contributed by atoms with Crippen molar-refractivity contribution in [3.05, 3.63) is 71.0 Å². The molecular formula is C18H13ClF2N4O2.